The summed E-state index contributed by atoms with van der Waals surface area (Å²) in [4.78, 5) is 0. The van der Waals surface area contributed by atoms with Crippen LogP contribution >= 0.6 is 0 Å². The zero-order valence-corrected chi connectivity index (χ0v) is 19.2. The minimum atomic E-state index is -0.370. The van der Waals surface area contributed by atoms with E-state index in [1.165, 1.54) is 37.9 Å². The first-order valence-electron chi connectivity index (χ1n) is 11.5. The van der Waals surface area contributed by atoms with E-state index >= 15 is 0 Å². The van der Waals surface area contributed by atoms with Crippen LogP contribution in [0.5, 0.6) is 0 Å². The Morgan fingerprint density at radius 1 is 0.781 bits per heavy atom. The van der Waals surface area contributed by atoms with Crippen molar-refractivity contribution >= 4 is 46.4 Å². The lowest BCUT2D eigenvalue weighted by Gasteiger charge is -2.32. The normalized spacial score (nSPS) is 19.1. The summed E-state index contributed by atoms with van der Waals surface area (Å²) in [6.45, 7) is 8.42. The van der Waals surface area contributed by atoms with Gasteiger partial charge in [-0.3, -0.25) is 0 Å². The number of hydrogen-bond donors (Lipinski definition) is 0. The average molecular weight is 421 g/mol. The molecule has 0 bridgehead atoms. The Balaban J connectivity index is 1.63. The number of nitrogens with zero attached hydrogens (tertiary/aromatic N) is 1. The quantitative estimate of drug-likeness (QED) is 0.447. The molecule has 0 N–H and O–H groups in total. The Labute approximate surface area is 189 Å². The third-order valence-electron chi connectivity index (χ3n) is 7.46. The molecule has 2 aliphatic rings. The van der Waals surface area contributed by atoms with Crippen molar-refractivity contribution < 1.29 is 9.31 Å². The molecule has 1 aromatic heterocycles. The topological polar surface area (TPSA) is 23.4 Å². The molecule has 160 valence electrons. The summed E-state index contributed by atoms with van der Waals surface area (Å²) in [6, 6.07) is 21.9. The summed E-state index contributed by atoms with van der Waals surface area (Å²) in [5.74, 6) is 0. The second-order valence-electron chi connectivity index (χ2n) is 9.98. The van der Waals surface area contributed by atoms with Gasteiger partial charge in [0.15, 0.2) is 0 Å². The Hall–Kier alpha value is -2.82. The van der Waals surface area contributed by atoms with E-state index in [1.54, 1.807) is 0 Å². The van der Waals surface area contributed by atoms with Gasteiger partial charge in [-0.1, -0.05) is 60.7 Å². The van der Waals surface area contributed by atoms with Gasteiger partial charge in [-0.2, -0.15) is 0 Å². The fraction of sp³-hybridized carbons (Fsp3) is 0.286. The highest BCUT2D eigenvalue weighted by molar-refractivity contribution is 6.62. The fourth-order valence-corrected chi connectivity index (χ4v) is 5.00. The van der Waals surface area contributed by atoms with Crippen molar-refractivity contribution in [1.29, 1.82) is 0 Å². The standard InChI is InChI=1S/C28H28BNO2/c1-27(2)28(3,4)32-29(31-27)20-16-17-23-22-13-7-8-14-25(22)30(26(23)18-20)24-15-9-11-19-10-5-6-12-21(19)24/h5-6,9-18H,7-8H2,1-4H3. The van der Waals surface area contributed by atoms with Crippen molar-refractivity contribution in [2.24, 2.45) is 0 Å². The van der Waals surface area contributed by atoms with Gasteiger partial charge in [0.05, 0.1) is 22.4 Å². The van der Waals surface area contributed by atoms with Gasteiger partial charge in [-0.25, -0.2) is 0 Å². The zero-order valence-electron chi connectivity index (χ0n) is 19.2. The predicted molar refractivity (Wildman–Crippen MR) is 134 cm³/mol. The smallest absolute Gasteiger partial charge is 0.399 e. The highest BCUT2D eigenvalue weighted by Crippen LogP contribution is 2.36. The van der Waals surface area contributed by atoms with E-state index in [0.717, 1.165) is 18.3 Å². The van der Waals surface area contributed by atoms with Gasteiger partial charge in [0, 0.05) is 21.3 Å². The average Bonchev–Trinajstić information content (AvgIpc) is 3.22. The van der Waals surface area contributed by atoms with Crippen LogP contribution in [0.1, 0.15) is 40.5 Å². The first-order valence-corrected chi connectivity index (χ1v) is 11.5. The summed E-state index contributed by atoms with van der Waals surface area (Å²) < 4.78 is 15.2. The maximum atomic E-state index is 6.37. The predicted octanol–water partition coefficient (Wildman–Crippen LogP) is 4.44. The van der Waals surface area contributed by atoms with Crippen molar-refractivity contribution in [3.8, 4) is 5.69 Å². The molecule has 3 aromatic carbocycles. The van der Waals surface area contributed by atoms with Crippen LogP contribution in [0, 0.1) is 0 Å². The van der Waals surface area contributed by atoms with Crippen molar-refractivity contribution in [3.05, 3.63) is 71.2 Å². The monoisotopic (exact) mass is 421 g/mol. The van der Waals surface area contributed by atoms with Gasteiger partial charge in [0.1, 0.15) is 0 Å². The van der Waals surface area contributed by atoms with Crippen LogP contribution in [0.3, 0.4) is 0 Å². The summed E-state index contributed by atoms with van der Waals surface area (Å²) in [5, 5.41) is 6.41. The highest BCUT2D eigenvalue weighted by atomic mass is 16.7. The molecule has 4 aromatic rings. The van der Waals surface area contributed by atoms with Gasteiger partial charge >= 0.3 is 7.12 Å². The number of aromatic nitrogens is 1. The van der Waals surface area contributed by atoms with Gasteiger partial charge in [-0.15, -0.1) is 0 Å². The molecule has 0 spiro atoms. The largest absolute Gasteiger partial charge is 0.494 e. The van der Waals surface area contributed by atoms with Crippen molar-refractivity contribution in [3.63, 3.8) is 0 Å². The summed E-state index contributed by atoms with van der Waals surface area (Å²) in [6.07, 6.45) is 6.91. The van der Waals surface area contributed by atoms with Crippen LogP contribution in [-0.4, -0.2) is 22.9 Å². The van der Waals surface area contributed by atoms with Crippen molar-refractivity contribution in [2.45, 2.75) is 51.7 Å². The molecular formula is C28H28BNO2. The van der Waals surface area contributed by atoms with E-state index in [1.807, 2.05) is 0 Å². The lowest BCUT2D eigenvalue weighted by Crippen LogP contribution is -2.41. The lowest BCUT2D eigenvalue weighted by molar-refractivity contribution is 0.00578. The number of benzene rings is 3. The lowest BCUT2D eigenvalue weighted by atomic mass is 9.79. The Bertz CT molecular complexity index is 1470. The molecule has 3 nitrogen and oxygen atoms in total. The summed E-state index contributed by atoms with van der Waals surface area (Å²) >= 11 is 0. The molecule has 1 aliphatic heterocycles. The SMILES string of the molecule is CC1(C)OB(c2ccc3c4c(n(-c5cccc6ccccc56)c3c2)=CCCC=4)OC1(C)C. The Morgan fingerprint density at radius 3 is 2.31 bits per heavy atom. The molecule has 32 heavy (non-hydrogen) atoms. The van der Waals surface area contributed by atoms with Crippen LogP contribution < -0.4 is 16.0 Å². The molecule has 0 atom stereocenters. The first kappa shape index (κ1) is 19.8. The van der Waals surface area contributed by atoms with Gasteiger partial charge in [0.2, 0.25) is 0 Å². The molecule has 0 radical (unpaired) electrons. The third kappa shape index (κ3) is 2.83. The van der Waals surface area contributed by atoms with Gasteiger partial charge < -0.3 is 13.9 Å². The van der Waals surface area contributed by atoms with E-state index in [-0.39, 0.29) is 18.3 Å². The van der Waals surface area contributed by atoms with E-state index < -0.39 is 0 Å². The molecule has 0 amide bonds. The number of rotatable bonds is 2. The zero-order chi connectivity index (χ0) is 22.1. The maximum absolute atomic E-state index is 6.37. The first-order chi connectivity index (χ1) is 15.4. The van der Waals surface area contributed by atoms with E-state index in [4.69, 9.17) is 9.31 Å². The maximum Gasteiger partial charge on any atom is 0.494 e. The van der Waals surface area contributed by atoms with Crippen molar-refractivity contribution in [2.75, 3.05) is 0 Å². The van der Waals surface area contributed by atoms with Crippen LogP contribution in [0.15, 0.2) is 60.7 Å². The minimum absolute atomic E-state index is 0.356. The van der Waals surface area contributed by atoms with Crippen LogP contribution in [0.4, 0.5) is 0 Å². The Morgan fingerprint density at radius 2 is 1.50 bits per heavy atom. The van der Waals surface area contributed by atoms with Crippen molar-refractivity contribution in [1.82, 2.24) is 4.57 Å². The molecule has 2 heterocycles. The molecule has 0 saturated carbocycles. The fourth-order valence-electron chi connectivity index (χ4n) is 5.00. The highest BCUT2D eigenvalue weighted by Gasteiger charge is 2.51. The molecule has 4 heteroatoms. The summed E-state index contributed by atoms with van der Waals surface area (Å²) in [5.41, 5.74) is 2.77. The molecule has 1 fully saturated rings. The molecule has 1 saturated heterocycles. The third-order valence-corrected chi connectivity index (χ3v) is 7.46. The number of fused-ring (bicyclic) bond motifs is 4. The van der Waals surface area contributed by atoms with Gasteiger partial charge in [0.25, 0.3) is 0 Å². The second-order valence-corrected chi connectivity index (χ2v) is 9.98. The molecule has 0 unspecified atom stereocenters. The Kier molecular flexibility index (Phi) is 4.24. The van der Waals surface area contributed by atoms with Crippen LogP contribution in [-0.2, 0) is 9.31 Å². The molecular weight excluding hydrogens is 393 g/mol. The molecule has 6 rings (SSSR count). The van der Waals surface area contributed by atoms with E-state index in [9.17, 15) is 0 Å². The van der Waals surface area contributed by atoms with Gasteiger partial charge in [-0.05, 0) is 63.5 Å². The molecule has 1 aliphatic carbocycles. The minimum Gasteiger partial charge on any atom is -0.399 e. The van der Waals surface area contributed by atoms with Crippen LogP contribution in [0.2, 0.25) is 0 Å². The van der Waals surface area contributed by atoms with E-state index in [2.05, 4.69) is 105 Å². The second kappa shape index (κ2) is 6.84. The summed E-state index contributed by atoms with van der Waals surface area (Å²) in [7, 11) is -0.370. The number of hydrogen-bond acceptors (Lipinski definition) is 2. The van der Waals surface area contributed by atoms with Crippen LogP contribution in [0.25, 0.3) is 39.5 Å². The van der Waals surface area contributed by atoms with E-state index in [0.29, 0.717) is 0 Å².